The minimum absolute atomic E-state index is 0.0492. The molecule has 0 fully saturated rings. The highest BCUT2D eigenvalue weighted by Gasteiger charge is 2.06. The number of nitrogens with zero attached hydrogens (tertiary/aromatic N) is 1. The number of nitrogen functional groups attached to an aromatic ring is 1. The minimum atomic E-state index is -0.521. The third-order valence-electron chi connectivity index (χ3n) is 1.19. The molecule has 0 saturated heterocycles. The normalized spacial score (nSPS) is 8.54. The van der Waals surface area contributed by atoms with Gasteiger partial charge >= 0.3 is 0 Å². The molecule has 0 amide bonds. The molecular weight excluding hydrogens is 306 g/mol. The van der Waals surface area contributed by atoms with Gasteiger partial charge in [-0.1, -0.05) is 34.2 Å². The van der Waals surface area contributed by atoms with Crippen molar-refractivity contribution in [3.05, 3.63) is 33.3 Å². The molecule has 0 bridgehead atoms. The summed E-state index contributed by atoms with van der Waals surface area (Å²) in [6.07, 6.45) is 0. The molecular formula is C7H8ClIN2O2. The minimum Gasteiger partial charge on any atom is -0.397 e. The molecule has 1 rings (SSSR count). The summed E-state index contributed by atoms with van der Waals surface area (Å²) in [4.78, 5) is 11.6. The van der Waals surface area contributed by atoms with Gasteiger partial charge in [-0.05, 0) is 11.0 Å². The first-order valence-electron chi connectivity index (χ1n) is 3.18. The van der Waals surface area contributed by atoms with Crippen molar-refractivity contribution in [3.8, 4) is 0 Å². The SMILES string of the molecule is CI.Nc1cc([N+](=O)[O-])ccc1Cl. The van der Waals surface area contributed by atoms with Crippen molar-refractivity contribution in [2.75, 3.05) is 10.7 Å². The predicted molar refractivity (Wildman–Crippen MR) is 62.5 cm³/mol. The maximum Gasteiger partial charge on any atom is 0.271 e. The van der Waals surface area contributed by atoms with Crippen molar-refractivity contribution >= 4 is 45.6 Å². The summed E-state index contributed by atoms with van der Waals surface area (Å²) in [7, 11) is 0. The van der Waals surface area contributed by atoms with Crippen LogP contribution in [0.1, 0.15) is 0 Å². The van der Waals surface area contributed by atoms with Gasteiger partial charge in [0.25, 0.3) is 5.69 Å². The number of nitro benzene ring substituents is 1. The number of nitro groups is 1. The average Bonchev–Trinajstić information content (AvgIpc) is 2.13. The van der Waals surface area contributed by atoms with Crippen molar-refractivity contribution in [3.63, 3.8) is 0 Å². The van der Waals surface area contributed by atoms with Gasteiger partial charge in [0.1, 0.15) is 0 Å². The number of halogens is 2. The zero-order valence-corrected chi connectivity index (χ0v) is 9.74. The van der Waals surface area contributed by atoms with E-state index in [9.17, 15) is 10.1 Å². The monoisotopic (exact) mass is 314 g/mol. The molecule has 0 spiro atoms. The van der Waals surface area contributed by atoms with Crippen molar-refractivity contribution in [2.45, 2.75) is 0 Å². The van der Waals surface area contributed by atoms with Crippen LogP contribution in [-0.4, -0.2) is 9.85 Å². The lowest BCUT2D eigenvalue weighted by atomic mass is 10.3. The lowest BCUT2D eigenvalue weighted by Crippen LogP contribution is -1.91. The summed E-state index contributed by atoms with van der Waals surface area (Å²) in [5.74, 6) is 0. The summed E-state index contributed by atoms with van der Waals surface area (Å²) in [5.41, 5.74) is 5.50. The third-order valence-corrected chi connectivity index (χ3v) is 1.53. The van der Waals surface area contributed by atoms with Crippen LogP contribution in [0.5, 0.6) is 0 Å². The van der Waals surface area contributed by atoms with Crippen molar-refractivity contribution in [1.29, 1.82) is 0 Å². The van der Waals surface area contributed by atoms with Crippen LogP contribution in [0, 0.1) is 10.1 Å². The molecule has 1 aromatic rings. The van der Waals surface area contributed by atoms with Crippen LogP contribution in [-0.2, 0) is 0 Å². The summed E-state index contributed by atoms with van der Waals surface area (Å²) < 4.78 is 0. The molecule has 0 aliphatic rings. The lowest BCUT2D eigenvalue weighted by Gasteiger charge is -1.95. The molecule has 0 radical (unpaired) electrons. The highest BCUT2D eigenvalue weighted by atomic mass is 127. The van der Waals surface area contributed by atoms with E-state index in [4.69, 9.17) is 17.3 Å². The topological polar surface area (TPSA) is 69.2 Å². The van der Waals surface area contributed by atoms with E-state index in [2.05, 4.69) is 22.6 Å². The van der Waals surface area contributed by atoms with Crippen molar-refractivity contribution in [1.82, 2.24) is 0 Å². The Hall–Kier alpha value is -0.560. The number of benzene rings is 1. The lowest BCUT2D eigenvalue weighted by molar-refractivity contribution is -0.384. The van der Waals surface area contributed by atoms with Crippen LogP contribution < -0.4 is 5.73 Å². The molecule has 4 nitrogen and oxygen atoms in total. The highest BCUT2D eigenvalue weighted by Crippen LogP contribution is 2.23. The second-order valence-corrected chi connectivity index (χ2v) is 2.37. The van der Waals surface area contributed by atoms with E-state index >= 15 is 0 Å². The van der Waals surface area contributed by atoms with Gasteiger partial charge < -0.3 is 5.73 Å². The summed E-state index contributed by atoms with van der Waals surface area (Å²) in [5, 5.41) is 10.5. The van der Waals surface area contributed by atoms with E-state index in [0.717, 1.165) is 0 Å². The van der Waals surface area contributed by atoms with E-state index in [1.54, 1.807) is 0 Å². The maximum absolute atomic E-state index is 10.2. The van der Waals surface area contributed by atoms with E-state index in [1.807, 2.05) is 4.93 Å². The molecule has 0 aliphatic carbocycles. The Bertz CT molecular complexity index is 307. The van der Waals surface area contributed by atoms with Crippen LogP contribution in [0.3, 0.4) is 0 Å². The van der Waals surface area contributed by atoms with Crippen LogP contribution >= 0.6 is 34.2 Å². The van der Waals surface area contributed by atoms with E-state index in [1.165, 1.54) is 18.2 Å². The zero-order valence-electron chi connectivity index (χ0n) is 6.83. The Morgan fingerprint density at radius 3 is 2.46 bits per heavy atom. The highest BCUT2D eigenvalue weighted by molar-refractivity contribution is 14.1. The van der Waals surface area contributed by atoms with Gasteiger partial charge in [0.2, 0.25) is 0 Å². The van der Waals surface area contributed by atoms with Gasteiger partial charge in [-0.2, -0.15) is 0 Å². The molecule has 6 heteroatoms. The predicted octanol–water partition coefficient (Wildman–Crippen LogP) is 2.88. The molecule has 13 heavy (non-hydrogen) atoms. The van der Waals surface area contributed by atoms with Gasteiger partial charge in [-0.25, -0.2) is 0 Å². The molecule has 0 atom stereocenters. The first kappa shape index (κ1) is 12.4. The molecule has 0 heterocycles. The van der Waals surface area contributed by atoms with Crippen LogP contribution in [0.4, 0.5) is 11.4 Å². The number of rotatable bonds is 1. The Labute approximate surface area is 94.4 Å². The number of alkyl halides is 1. The summed E-state index contributed by atoms with van der Waals surface area (Å²) >= 11 is 7.69. The molecule has 0 unspecified atom stereocenters. The van der Waals surface area contributed by atoms with Crippen molar-refractivity contribution < 1.29 is 4.92 Å². The number of anilines is 1. The maximum atomic E-state index is 10.2. The Morgan fingerprint density at radius 1 is 1.54 bits per heavy atom. The fraction of sp³-hybridized carbons (Fsp3) is 0.143. The standard InChI is InChI=1S/C6H5ClN2O2.CH3I/c7-5-2-1-4(9(10)11)3-6(5)8;1-2/h1-3H,8H2;1H3. The average molecular weight is 315 g/mol. The number of hydrogen-bond acceptors (Lipinski definition) is 3. The Kier molecular flexibility index (Phi) is 5.72. The smallest absolute Gasteiger partial charge is 0.271 e. The number of nitrogens with two attached hydrogens (primary N) is 1. The zero-order chi connectivity index (χ0) is 10.4. The number of non-ortho nitro benzene ring substituents is 1. The van der Waals surface area contributed by atoms with Crippen LogP contribution in [0.15, 0.2) is 18.2 Å². The van der Waals surface area contributed by atoms with Gasteiger partial charge in [0.15, 0.2) is 0 Å². The first-order chi connectivity index (χ1) is 6.11. The third kappa shape index (κ3) is 3.77. The molecule has 0 aliphatic heterocycles. The van der Waals surface area contributed by atoms with Gasteiger partial charge in [0, 0.05) is 12.1 Å². The van der Waals surface area contributed by atoms with Crippen LogP contribution in [0.25, 0.3) is 0 Å². The quantitative estimate of drug-likeness (QED) is 0.285. The summed E-state index contributed by atoms with van der Waals surface area (Å²) in [6, 6.07) is 3.93. The Balaban J connectivity index is 0.000000671. The second kappa shape index (κ2) is 5.98. The Morgan fingerprint density at radius 2 is 2.08 bits per heavy atom. The van der Waals surface area contributed by atoms with E-state index in [-0.39, 0.29) is 11.4 Å². The fourth-order valence-electron chi connectivity index (χ4n) is 0.645. The van der Waals surface area contributed by atoms with E-state index < -0.39 is 4.92 Å². The molecule has 0 aromatic heterocycles. The van der Waals surface area contributed by atoms with E-state index in [0.29, 0.717) is 5.02 Å². The van der Waals surface area contributed by atoms with Gasteiger partial charge in [-0.15, -0.1) is 0 Å². The fourth-order valence-corrected chi connectivity index (χ4v) is 0.762. The molecule has 2 N–H and O–H groups in total. The molecule has 72 valence electrons. The number of hydrogen-bond donors (Lipinski definition) is 1. The molecule has 0 saturated carbocycles. The second-order valence-electron chi connectivity index (χ2n) is 1.96. The summed E-state index contributed by atoms with van der Waals surface area (Å²) in [6.45, 7) is 0. The van der Waals surface area contributed by atoms with Gasteiger partial charge in [0.05, 0.1) is 15.6 Å². The first-order valence-corrected chi connectivity index (χ1v) is 5.72. The van der Waals surface area contributed by atoms with Crippen LogP contribution in [0.2, 0.25) is 5.02 Å². The molecule has 1 aromatic carbocycles. The largest absolute Gasteiger partial charge is 0.397 e. The van der Waals surface area contributed by atoms with Crippen molar-refractivity contribution in [2.24, 2.45) is 0 Å². The van der Waals surface area contributed by atoms with Gasteiger partial charge in [-0.3, -0.25) is 10.1 Å².